The minimum Gasteiger partial charge on any atom is -0.389 e. The number of aromatic nitrogens is 1. The molecule has 2 heterocycles. The summed E-state index contributed by atoms with van der Waals surface area (Å²) < 4.78 is 0. The minimum atomic E-state index is -0.516. The number of aliphatic hydroxyl groups is 1. The molecule has 6 nitrogen and oxygen atoms in total. The van der Waals surface area contributed by atoms with E-state index in [0.717, 1.165) is 50.1 Å². The molecule has 1 aromatic rings. The van der Waals surface area contributed by atoms with E-state index < -0.39 is 10.5 Å². The van der Waals surface area contributed by atoms with E-state index in [4.69, 9.17) is 0 Å². The van der Waals surface area contributed by atoms with Crippen molar-refractivity contribution in [1.82, 2.24) is 4.98 Å². The van der Waals surface area contributed by atoms with Crippen molar-refractivity contribution in [2.75, 3.05) is 18.0 Å². The van der Waals surface area contributed by atoms with E-state index in [-0.39, 0.29) is 10.9 Å². The molecule has 2 fully saturated rings. The topological polar surface area (TPSA) is 79.5 Å². The van der Waals surface area contributed by atoms with E-state index in [2.05, 4.69) is 9.88 Å². The Bertz CT molecular complexity index is 492. The second kappa shape index (κ2) is 4.72. The SMILES string of the molecule is O=[N+]([O-])c1cnc(N2CCC3(O)CCCCC3C2)s1. The second-order valence-electron chi connectivity index (χ2n) is 5.48. The molecule has 1 N–H and O–H groups in total. The lowest BCUT2D eigenvalue weighted by atomic mass is 9.71. The van der Waals surface area contributed by atoms with Gasteiger partial charge < -0.3 is 10.0 Å². The maximum atomic E-state index is 10.7. The Morgan fingerprint density at radius 3 is 3.11 bits per heavy atom. The van der Waals surface area contributed by atoms with Crippen LogP contribution in [0.4, 0.5) is 10.1 Å². The monoisotopic (exact) mass is 283 g/mol. The summed E-state index contributed by atoms with van der Waals surface area (Å²) in [5, 5.41) is 22.1. The summed E-state index contributed by atoms with van der Waals surface area (Å²) in [4.78, 5) is 16.5. The number of hydrogen-bond acceptors (Lipinski definition) is 6. The van der Waals surface area contributed by atoms with Crippen molar-refractivity contribution in [3.8, 4) is 0 Å². The number of nitrogens with zero attached hydrogens (tertiary/aromatic N) is 3. The van der Waals surface area contributed by atoms with Crippen LogP contribution in [-0.4, -0.2) is 33.7 Å². The molecule has 1 aliphatic heterocycles. The summed E-state index contributed by atoms with van der Waals surface area (Å²) in [6.45, 7) is 1.50. The highest BCUT2D eigenvalue weighted by Crippen LogP contribution is 2.41. The third kappa shape index (κ3) is 2.32. The zero-order valence-corrected chi connectivity index (χ0v) is 11.4. The van der Waals surface area contributed by atoms with Crippen molar-refractivity contribution in [3.05, 3.63) is 16.3 Å². The Labute approximate surface area is 115 Å². The fourth-order valence-corrected chi connectivity index (χ4v) is 4.00. The standard InChI is InChI=1S/C12H17N3O3S/c16-12-4-2-1-3-9(12)8-14(6-5-12)11-13-7-10(19-11)15(17)18/h7,9,16H,1-6,8H2. The van der Waals surface area contributed by atoms with E-state index in [9.17, 15) is 15.2 Å². The number of nitro groups is 1. The van der Waals surface area contributed by atoms with Crippen molar-refractivity contribution >= 4 is 21.5 Å². The third-order valence-electron chi connectivity index (χ3n) is 4.36. The Kier molecular flexibility index (Phi) is 3.18. The lowest BCUT2D eigenvalue weighted by Gasteiger charge is -2.47. The van der Waals surface area contributed by atoms with Gasteiger partial charge in [0.2, 0.25) is 0 Å². The fraction of sp³-hybridized carbons (Fsp3) is 0.750. The molecule has 2 atom stereocenters. The average molecular weight is 283 g/mol. The van der Waals surface area contributed by atoms with Crippen LogP contribution in [0.25, 0.3) is 0 Å². The lowest BCUT2D eigenvalue weighted by Crippen LogP contribution is -2.53. The summed E-state index contributed by atoms with van der Waals surface area (Å²) in [5.41, 5.74) is -0.516. The van der Waals surface area contributed by atoms with Gasteiger partial charge >= 0.3 is 5.00 Å². The van der Waals surface area contributed by atoms with Crippen LogP contribution in [0.15, 0.2) is 6.20 Å². The molecule has 2 unspecified atom stereocenters. The normalized spacial score (nSPS) is 31.0. The molecule has 1 saturated heterocycles. The van der Waals surface area contributed by atoms with Crippen LogP contribution in [0.5, 0.6) is 0 Å². The first-order valence-electron chi connectivity index (χ1n) is 6.66. The molecule has 0 spiro atoms. The summed E-state index contributed by atoms with van der Waals surface area (Å²) in [5.74, 6) is 0.276. The number of fused-ring (bicyclic) bond motifs is 1. The Hall–Kier alpha value is -1.21. The zero-order valence-electron chi connectivity index (χ0n) is 10.6. The molecular weight excluding hydrogens is 266 g/mol. The molecule has 1 saturated carbocycles. The van der Waals surface area contributed by atoms with Crippen molar-refractivity contribution < 1.29 is 10.0 Å². The Morgan fingerprint density at radius 2 is 2.37 bits per heavy atom. The molecule has 1 aliphatic carbocycles. The van der Waals surface area contributed by atoms with Crippen molar-refractivity contribution in [2.24, 2.45) is 5.92 Å². The first-order valence-corrected chi connectivity index (χ1v) is 7.48. The lowest BCUT2D eigenvalue weighted by molar-refractivity contribution is -0.380. The van der Waals surface area contributed by atoms with Gasteiger partial charge in [-0.1, -0.05) is 12.8 Å². The van der Waals surface area contributed by atoms with Gasteiger partial charge in [0, 0.05) is 19.0 Å². The quantitative estimate of drug-likeness (QED) is 0.664. The number of hydrogen-bond donors (Lipinski definition) is 1. The van der Waals surface area contributed by atoms with Crippen LogP contribution in [0.1, 0.15) is 32.1 Å². The predicted octanol–water partition coefficient (Wildman–Crippen LogP) is 2.18. The van der Waals surface area contributed by atoms with Crippen molar-refractivity contribution in [1.29, 1.82) is 0 Å². The van der Waals surface area contributed by atoms with Crippen molar-refractivity contribution in [2.45, 2.75) is 37.7 Å². The molecule has 0 radical (unpaired) electrons. The van der Waals surface area contributed by atoms with Crippen LogP contribution < -0.4 is 4.90 Å². The van der Waals surface area contributed by atoms with Gasteiger partial charge in [-0.2, -0.15) is 0 Å². The van der Waals surface area contributed by atoms with Gasteiger partial charge in [0.1, 0.15) is 6.20 Å². The van der Waals surface area contributed by atoms with Crippen LogP contribution in [-0.2, 0) is 0 Å². The summed E-state index contributed by atoms with van der Waals surface area (Å²) in [6, 6.07) is 0. The molecule has 19 heavy (non-hydrogen) atoms. The molecular formula is C12H17N3O3S. The third-order valence-corrected chi connectivity index (χ3v) is 5.37. The molecule has 0 amide bonds. The van der Waals surface area contributed by atoms with E-state index >= 15 is 0 Å². The van der Waals surface area contributed by atoms with Crippen LogP contribution in [0.2, 0.25) is 0 Å². The maximum Gasteiger partial charge on any atom is 0.345 e. The van der Waals surface area contributed by atoms with Crippen LogP contribution >= 0.6 is 11.3 Å². The first-order chi connectivity index (χ1) is 9.08. The number of anilines is 1. The summed E-state index contributed by atoms with van der Waals surface area (Å²) in [6.07, 6.45) is 6.27. The van der Waals surface area contributed by atoms with Gasteiger partial charge in [-0.05, 0) is 30.6 Å². The average Bonchev–Trinajstić information content (AvgIpc) is 2.87. The number of thiazole rings is 1. The zero-order chi connectivity index (χ0) is 13.5. The van der Waals surface area contributed by atoms with Crippen LogP contribution in [0.3, 0.4) is 0 Å². The maximum absolute atomic E-state index is 10.7. The van der Waals surface area contributed by atoms with E-state index in [1.54, 1.807) is 0 Å². The molecule has 3 rings (SSSR count). The molecule has 1 aromatic heterocycles. The van der Waals surface area contributed by atoms with E-state index in [0.29, 0.717) is 5.13 Å². The van der Waals surface area contributed by atoms with E-state index in [1.807, 2.05) is 0 Å². The molecule has 2 aliphatic rings. The van der Waals surface area contributed by atoms with Crippen LogP contribution in [0, 0.1) is 16.0 Å². The van der Waals surface area contributed by atoms with Crippen molar-refractivity contribution in [3.63, 3.8) is 0 Å². The highest BCUT2D eigenvalue weighted by Gasteiger charge is 2.43. The van der Waals surface area contributed by atoms with Gasteiger partial charge in [0.05, 0.1) is 10.5 Å². The fourth-order valence-electron chi connectivity index (χ4n) is 3.23. The van der Waals surface area contributed by atoms with Gasteiger partial charge in [-0.15, -0.1) is 0 Å². The Morgan fingerprint density at radius 1 is 1.53 bits per heavy atom. The highest BCUT2D eigenvalue weighted by atomic mass is 32.1. The second-order valence-corrected chi connectivity index (χ2v) is 6.47. The Balaban J connectivity index is 1.75. The largest absolute Gasteiger partial charge is 0.389 e. The van der Waals surface area contributed by atoms with Gasteiger partial charge in [0.25, 0.3) is 0 Å². The number of piperidine rings is 1. The molecule has 7 heteroatoms. The molecule has 0 aromatic carbocycles. The smallest absolute Gasteiger partial charge is 0.345 e. The summed E-state index contributed by atoms with van der Waals surface area (Å²) in [7, 11) is 0. The van der Waals surface area contributed by atoms with E-state index in [1.165, 1.54) is 12.6 Å². The molecule has 0 bridgehead atoms. The van der Waals surface area contributed by atoms with Gasteiger partial charge in [0.15, 0.2) is 5.13 Å². The predicted molar refractivity (Wildman–Crippen MR) is 72.5 cm³/mol. The molecule has 104 valence electrons. The van der Waals surface area contributed by atoms with Gasteiger partial charge in [-0.25, -0.2) is 4.98 Å². The highest BCUT2D eigenvalue weighted by molar-refractivity contribution is 7.18. The first kappa shape index (κ1) is 12.8. The summed E-state index contributed by atoms with van der Waals surface area (Å²) >= 11 is 1.12. The minimum absolute atomic E-state index is 0.0829. The number of rotatable bonds is 2. The van der Waals surface area contributed by atoms with Gasteiger partial charge in [-0.3, -0.25) is 10.1 Å².